The molecule has 0 spiro atoms. The number of aromatic hydroxyl groups is 1. The lowest BCUT2D eigenvalue weighted by molar-refractivity contribution is -0.183. The summed E-state index contributed by atoms with van der Waals surface area (Å²) in [6, 6.07) is 16.0. The van der Waals surface area contributed by atoms with Crippen LogP contribution in [0, 0.1) is 5.92 Å². The number of fused-ring (bicyclic) bond motifs is 1. The number of hydroxylamine groups is 2. The molecule has 3 unspecified atom stereocenters. The van der Waals surface area contributed by atoms with Gasteiger partial charge in [-0.25, -0.2) is 0 Å². The van der Waals surface area contributed by atoms with Crippen molar-refractivity contribution in [2.24, 2.45) is 5.92 Å². The van der Waals surface area contributed by atoms with Gasteiger partial charge in [0.05, 0.1) is 12.0 Å². The number of carbonyl (C=O) groups is 2. The highest BCUT2D eigenvalue weighted by molar-refractivity contribution is 6.07. The Labute approximate surface area is 145 Å². The minimum Gasteiger partial charge on any atom is -0.508 e. The van der Waals surface area contributed by atoms with Gasteiger partial charge >= 0.3 is 0 Å². The molecule has 2 saturated heterocycles. The molecule has 2 heterocycles. The van der Waals surface area contributed by atoms with Crippen molar-refractivity contribution >= 4 is 11.8 Å². The Morgan fingerprint density at radius 2 is 1.80 bits per heavy atom. The van der Waals surface area contributed by atoms with Crippen LogP contribution in [0.2, 0.25) is 0 Å². The SMILES string of the molecule is CN1C(=O)C2ON(Cc3ccccc3)C(c3cccc(O)c3)C2C1=O. The fourth-order valence-corrected chi connectivity index (χ4v) is 3.59. The third-order valence-corrected chi connectivity index (χ3v) is 4.81. The molecule has 0 bridgehead atoms. The Balaban J connectivity index is 1.73. The monoisotopic (exact) mass is 338 g/mol. The van der Waals surface area contributed by atoms with Gasteiger partial charge in [-0.15, -0.1) is 0 Å². The van der Waals surface area contributed by atoms with Crippen LogP contribution in [0.5, 0.6) is 5.75 Å². The second-order valence-electron chi connectivity index (χ2n) is 6.39. The summed E-state index contributed by atoms with van der Waals surface area (Å²) in [5.41, 5.74) is 1.76. The Hall–Kier alpha value is -2.70. The third-order valence-electron chi connectivity index (χ3n) is 4.81. The molecule has 6 heteroatoms. The minimum atomic E-state index is -0.812. The third kappa shape index (κ3) is 2.59. The first-order valence-electron chi connectivity index (χ1n) is 8.14. The van der Waals surface area contributed by atoms with Crippen molar-refractivity contribution < 1.29 is 19.5 Å². The summed E-state index contributed by atoms with van der Waals surface area (Å²) in [6.07, 6.45) is -0.812. The normalized spacial score (nSPS) is 26.3. The van der Waals surface area contributed by atoms with E-state index in [9.17, 15) is 14.7 Å². The molecule has 4 rings (SSSR count). The highest BCUT2D eigenvalue weighted by Gasteiger charge is 2.58. The number of hydrogen-bond acceptors (Lipinski definition) is 5. The largest absolute Gasteiger partial charge is 0.508 e. The van der Waals surface area contributed by atoms with Crippen LogP contribution in [0.4, 0.5) is 0 Å². The number of hydrogen-bond donors (Lipinski definition) is 1. The van der Waals surface area contributed by atoms with E-state index in [1.807, 2.05) is 36.4 Å². The Bertz CT molecular complexity index is 823. The molecular formula is C19H18N2O4. The Morgan fingerprint density at radius 3 is 2.52 bits per heavy atom. The smallest absolute Gasteiger partial charge is 0.261 e. The van der Waals surface area contributed by atoms with E-state index in [2.05, 4.69) is 0 Å². The van der Waals surface area contributed by atoms with Gasteiger partial charge in [-0.05, 0) is 23.3 Å². The van der Waals surface area contributed by atoms with Crippen molar-refractivity contribution in [1.29, 1.82) is 0 Å². The van der Waals surface area contributed by atoms with Gasteiger partial charge in [0, 0.05) is 13.6 Å². The van der Waals surface area contributed by atoms with E-state index < -0.39 is 18.1 Å². The molecule has 2 fully saturated rings. The number of nitrogens with zero attached hydrogens (tertiary/aromatic N) is 2. The van der Waals surface area contributed by atoms with Crippen molar-refractivity contribution in [2.45, 2.75) is 18.7 Å². The highest BCUT2D eigenvalue weighted by atomic mass is 16.7. The highest BCUT2D eigenvalue weighted by Crippen LogP contribution is 2.45. The average molecular weight is 338 g/mol. The molecule has 0 saturated carbocycles. The van der Waals surface area contributed by atoms with Gasteiger partial charge in [0.25, 0.3) is 5.91 Å². The van der Waals surface area contributed by atoms with Crippen molar-refractivity contribution in [3.8, 4) is 5.75 Å². The fraction of sp³-hybridized carbons (Fsp3) is 0.263. The summed E-state index contributed by atoms with van der Waals surface area (Å²) in [6.45, 7) is 0.443. The molecule has 25 heavy (non-hydrogen) atoms. The van der Waals surface area contributed by atoms with Gasteiger partial charge in [0.2, 0.25) is 5.91 Å². The van der Waals surface area contributed by atoms with Gasteiger partial charge in [-0.1, -0.05) is 42.5 Å². The van der Waals surface area contributed by atoms with Gasteiger partial charge in [-0.2, -0.15) is 5.06 Å². The lowest BCUT2D eigenvalue weighted by Crippen LogP contribution is -2.34. The molecule has 3 atom stereocenters. The standard InChI is InChI=1S/C19H18N2O4/c1-20-18(23)15-16(13-8-5-9-14(22)10-13)21(25-17(15)19(20)24)11-12-6-3-2-4-7-12/h2-10,15-17,22H,11H2,1H3. The zero-order chi connectivity index (χ0) is 17.6. The predicted molar refractivity (Wildman–Crippen MR) is 89.0 cm³/mol. The van der Waals surface area contributed by atoms with Crippen molar-refractivity contribution in [2.75, 3.05) is 7.05 Å². The number of phenols is 1. The van der Waals surface area contributed by atoms with Gasteiger partial charge in [0.15, 0.2) is 6.10 Å². The van der Waals surface area contributed by atoms with Crippen LogP contribution >= 0.6 is 0 Å². The van der Waals surface area contributed by atoms with Gasteiger partial charge < -0.3 is 5.11 Å². The first-order valence-corrected chi connectivity index (χ1v) is 8.14. The lowest BCUT2D eigenvalue weighted by Gasteiger charge is -2.26. The van der Waals surface area contributed by atoms with E-state index in [-0.39, 0.29) is 17.6 Å². The number of imide groups is 1. The molecule has 0 aliphatic carbocycles. The maximum absolute atomic E-state index is 12.6. The zero-order valence-corrected chi connectivity index (χ0v) is 13.7. The van der Waals surface area contributed by atoms with Gasteiger partial charge in [0.1, 0.15) is 5.75 Å². The van der Waals surface area contributed by atoms with Crippen molar-refractivity contribution in [3.63, 3.8) is 0 Å². The van der Waals surface area contributed by atoms with E-state index in [1.54, 1.807) is 23.3 Å². The lowest BCUT2D eigenvalue weighted by atomic mass is 9.90. The Morgan fingerprint density at radius 1 is 1.04 bits per heavy atom. The molecular weight excluding hydrogens is 320 g/mol. The van der Waals surface area contributed by atoms with E-state index in [0.717, 1.165) is 16.0 Å². The van der Waals surface area contributed by atoms with Crippen LogP contribution in [0.3, 0.4) is 0 Å². The molecule has 2 aromatic rings. The van der Waals surface area contributed by atoms with Crippen LogP contribution in [-0.4, -0.2) is 40.0 Å². The molecule has 2 amide bonds. The molecule has 2 aliphatic heterocycles. The number of amides is 2. The molecule has 128 valence electrons. The molecule has 2 aliphatic rings. The van der Waals surface area contributed by atoms with Crippen molar-refractivity contribution in [3.05, 3.63) is 65.7 Å². The number of carbonyl (C=O) groups excluding carboxylic acids is 2. The molecule has 1 N–H and O–H groups in total. The Kier molecular flexibility index (Phi) is 3.78. The van der Waals surface area contributed by atoms with Crippen LogP contribution in [0.1, 0.15) is 17.2 Å². The van der Waals surface area contributed by atoms with Crippen LogP contribution in [-0.2, 0) is 21.0 Å². The first-order chi connectivity index (χ1) is 12.1. The second kappa shape index (κ2) is 5.98. The van der Waals surface area contributed by atoms with E-state index in [4.69, 9.17) is 4.84 Å². The quantitative estimate of drug-likeness (QED) is 0.865. The summed E-state index contributed by atoms with van der Waals surface area (Å²) in [7, 11) is 1.48. The van der Waals surface area contributed by atoms with E-state index >= 15 is 0 Å². The maximum atomic E-state index is 12.6. The van der Waals surface area contributed by atoms with Crippen LogP contribution < -0.4 is 0 Å². The van der Waals surface area contributed by atoms with Crippen LogP contribution in [0.15, 0.2) is 54.6 Å². The molecule has 6 nitrogen and oxygen atoms in total. The topological polar surface area (TPSA) is 70.1 Å². The molecule has 0 radical (unpaired) electrons. The zero-order valence-electron chi connectivity index (χ0n) is 13.7. The van der Waals surface area contributed by atoms with E-state index in [0.29, 0.717) is 6.54 Å². The summed E-state index contributed by atoms with van der Waals surface area (Å²) >= 11 is 0. The number of likely N-dealkylation sites (tertiary alicyclic amines) is 1. The predicted octanol–water partition coefficient (Wildman–Crippen LogP) is 1.86. The first kappa shape index (κ1) is 15.8. The second-order valence-corrected chi connectivity index (χ2v) is 6.39. The summed E-state index contributed by atoms with van der Waals surface area (Å²) < 4.78 is 0. The maximum Gasteiger partial charge on any atom is 0.261 e. The molecule has 0 aromatic heterocycles. The van der Waals surface area contributed by atoms with Crippen LogP contribution in [0.25, 0.3) is 0 Å². The average Bonchev–Trinajstić information content (AvgIpc) is 3.08. The summed E-state index contributed by atoms with van der Waals surface area (Å²) in [5, 5.41) is 11.5. The number of benzene rings is 2. The number of phenolic OH excluding ortho intramolecular Hbond substituents is 1. The van der Waals surface area contributed by atoms with E-state index in [1.165, 1.54) is 7.05 Å². The fourth-order valence-electron chi connectivity index (χ4n) is 3.59. The van der Waals surface area contributed by atoms with Gasteiger partial charge in [-0.3, -0.25) is 19.3 Å². The minimum absolute atomic E-state index is 0.116. The summed E-state index contributed by atoms with van der Waals surface area (Å²) in [5.74, 6) is -1.07. The molecule has 2 aromatic carbocycles. The van der Waals surface area contributed by atoms with Crippen molar-refractivity contribution in [1.82, 2.24) is 9.96 Å². The number of likely N-dealkylation sites (N-methyl/N-ethyl adjacent to an activating group) is 1. The summed E-state index contributed by atoms with van der Waals surface area (Å²) in [4.78, 5) is 32.0. The number of rotatable bonds is 3.